The van der Waals surface area contributed by atoms with Crippen molar-refractivity contribution < 1.29 is 23.8 Å². The maximum absolute atomic E-state index is 12.3. The molecule has 0 aliphatic carbocycles. The Bertz CT molecular complexity index is 432. The lowest BCUT2D eigenvalue weighted by Crippen LogP contribution is -2.32. The van der Waals surface area contributed by atoms with Crippen LogP contribution in [0, 0.1) is 0 Å². The number of nitrogens with zero attached hydrogens (tertiary/aromatic N) is 2. The first-order chi connectivity index (χ1) is 8.45. The number of carboxylic acids is 1. The van der Waals surface area contributed by atoms with Gasteiger partial charge in [0.15, 0.2) is 5.69 Å². The van der Waals surface area contributed by atoms with Crippen molar-refractivity contribution in [3.05, 3.63) is 22.8 Å². The van der Waals surface area contributed by atoms with Gasteiger partial charge < -0.3 is 15.1 Å². The van der Waals surface area contributed by atoms with E-state index in [1.807, 2.05) is 0 Å². The second kappa shape index (κ2) is 6.46. The fourth-order valence-electron chi connectivity index (χ4n) is 1.34. The van der Waals surface area contributed by atoms with Crippen molar-refractivity contribution in [2.24, 2.45) is 0 Å². The van der Waals surface area contributed by atoms with Gasteiger partial charge in [0, 0.05) is 6.54 Å². The number of hydrogen-bond acceptors (Lipinski definition) is 4. The van der Waals surface area contributed by atoms with Gasteiger partial charge in [-0.05, 0) is 12.1 Å². The highest BCUT2D eigenvalue weighted by Gasteiger charge is 2.17. The summed E-state index contributed by atoms with van der Waals surface area (Å²) in [6.45, 7) is -1.06. The van der Waals surface area contributed by atoms with Gasteiger partial charge >= 0.3 is 5.97 Å². The number of aliphatic hydroxyl groups is 1. The first-order valence-corrected chi connectivity index (χ1v) is 5.37. The number of aromatic nitrogens is 1. The van der Waals surface area contributed by atoms with Gasteiger partial charge in [-0.3, -0.25) is 0 Å². The average molecular weight is 281 g/mol. The predicted molar refractivity (Wildman–Crippen MR) is 61.5 cm³/mol. The van der Waals surface area contributed by atoms with Crippen LogP contribution < -0.4 is 4.90 Å². The molecular formula is C10H11ClF2N2O3. The van der Waals surface area contributed by atoms with Crippen LogP contribution in [0.25, 0.3) is 0 Å². The summed E-state index contributed by atoms with van der Waals surface area (Å²) in [6.07, 6.45) is -2.62. The Balaban J connectivity index is 3.04. The van der Waals surface area contributed by atoms with Crippen molar-refractivity contribution >= 4 is 23.4 Å². The number of anilines is 1. The van der Waals surface area contributed by atoms with Crippen molar-refractivity contribution in [2.45, 2.75) is 6.43 Å². The first kappa shape index (κ1) is 14.6. The van der Waals surface area contributed by atoms with Crippen LogP contribution in [-0.2, 0) is 0 Å². The van der Waals surface area contributed by atoms with Gasteiger partial charge in [-0.2, -0.15) is 0 Å². The summed E-state index contributed by atoms with van der Waals surface area (Å²) >= 11 is 5.62. The van der Waals surface area contributed by atoms with Crippen molar-refractivity contribution in [3.63, 3.8) is 0 Å². The molecule has 5 nitrogen and oxygen atoms in total. The van der Waals surface area contributed by atoms with E-state index in [-0.39, 0.29) is 24.0 Å². The SMILES string of the molecule is O=C(O)c1nc(N(CCO)CC(F)F)ccc1Cl. The highest BCUT2D eigenvalue weighted by atomic mass is 35.5. The maximum atomic E-state index is 12.3. The van der Waals surface area contributed by atoms with Crippen LogP contribution in [0.4, 0.5) is 14.6 Å². The smallest absolute Gasteiger partial charge is 0.356 e. The molecule has 0 bridgehead atoms. The highest BCUT2D eigenvalue weighted by Crippen LogP contribution is 2.20. The van der Waals surface area contributed by atoms with E-state index in [1.165, 1.54) is 12.1 Å². The minimum Gasteiger partial charge on any atom is -0.476 e. The molecule has 1 heterocycles. The van der Waals surface area contributed by atoms with E-state index in [1.54, 1.807) is 0 Å². The zero-order valence-electron chi connectivity index (χ0n) is 9.18. The van der Waals surface area contributed by atoms with Crippen LogP contribution in [-0.4, -0.2) is 47.3 Å². The quantitative estimate of drug-likeness (QED) is 0.826. The van der Waals surface area contributed by atoms with Crippen molar-refractivity contribution in [1.82, 2.24) is 4.98 Å². The van der Waals surface area contributed by atoms with Gasteiger partial charge in [-0.25, -0.2) is 18.6 Å². The fraction of sp³-hybridized carbons (Fsp3) is 0.400. The summed E-state index contributed by atoms with van der Waals surface area (Å²) in [5.74, 6) is -1.31. The third-order valence-electron chi connectivity index (χ3n) is 2.09. The number of aromatic carboxylic acids is 1. The Hall–Kier alpha value is -1.47. The number of halogens is 3. The van der Waals surface area contributed by atoms with Gasteiger partial charge in [0.25, 0.3) is 6.43 Å². The number of pyridine rings is 1. The van der Waals surface area contributed by atoms with E-state index >= 15 is 0 Å². The van der Waals surface area contributed by atoms with E-state index in [9.17, 15) is 13.6 Å². The maximum Gasteiger partial charge on any atom is 0.356 e. The summed E-state index contributed by atoms with van der Waals surface area (Å²) in [7, 11) is 0. The van der Waals surface area contributed by atoms with E-state index in [2.05, 4.69) is 4.98 Å². The second-order valence-electron chi connectivity index (χ2n) is 3.37. The van der Waals surface area contributed by atoms with E-state index < -0.39 is 24.6 Å². The molecule has 0 amide bonds. The van der Waals surface area contributed by atoms with Crippen LogP contribution in [0.2, 0.25) is 5.02 Å². The topological polar surface area (TPSA) is 73.7 Å². The molecule has 0 radical (unpaired) electrons. The van der Waals surface area contributed by atoms with Crippen LogP contribution in [0.5, 0.6) is 0 Å². The molecular weight excluding hydrogens is 270 g/mol. The predicted octanol–water partition coefficient (Wildman–Crippen LogP) is 1.50. The Labute approximate surface area is 107 Å². The zero-order chi connectivity index (χ0) is 13.7. The molecule has 18 heavy (non-hydrogen) atoms. The molecule has 0 unspecified atom stereocenters. The molecule has 1 rings (SSSR count). The van der Waals surface area contributed by atoms with E-state index in [0.717, 1.165) is 4.90 Å². The van der Waals surface area contributed by atoms with Gasteiger partial charge in [0.2, 0.25) is 0 Å². The minimum absolute atomic E-state index is 0.0335. The first-order valence-electron chi connectivity index (χ1n) is 4.99. The number of rotatable bonds is 6. The number of carboxylic acid groups (broad SMARTS) is 1. The molecule has 100 valence electrons. The number of alkyl halides is 2. The molecule has 0 saturated heterocycles. The lowest BCUT2D eigenvalue weighted by atomic mass is 10.3. The van der Waals surface area contributed by atoms with Crippen LogP contribution in [0.15, 0.2) is 12.1 Å². The lowest BCUT2D eigenvalue weighted by molar-refractivity contribution is 0.0691. The summed E-state index contributed by atoms with van der Waals surface area (Å²) in [5, 5.41) is 17.5. The summed E-state index contributed by atoms with van der Waals surface area (Å²) in [4.78, 5) is 15.6. The standard InChI is InChI=1S/C10H11ClF2N2O3/c11-6-1-2-8(14-9(6)10(17)18)15(3-4-16)5-7(12)13/h1-2,7,16H,3-5H2,(H,17,18). The monoisotopic (exact) mass is 280 g/mol. The Morgan fingerprint density at radius 3 is 2.67 bits per heavy atom. The molecule has 0 aliphatic heterocycles. The Kier molecular flexibility index (Phi) is 5.24. The molecule has 8 heteroatoms. The Morgan fingerprint density at radius 2 is 2.17 bits per heavy atom. The van der Waals surface area contributed by atoms with Crippen LogP contribution in [0.1, 0.15) is 10.5 Å². The number of hydrogen-bond donors (Lipinski definition) is 2. The van der Waals surface area contributed by atoms with Crippen LogP contribution >= 0.6 is 11.6 Å². The van der Waals surface area contributed by atoms with Gasteiger partial charge in [0.1, 0.15) is 5.82 Å². The number of carbonyl (C=O) groups is 1. The molecule has 1 aromatic heterocycles. The third-order valence-corrected chi connectivity index (χ3v) is 2.39. The van der Waals surface area contributed by atoms with Gasteiger partial charge in [-0.1, -0.05) is 11.6 Å². The normalized spacial score (nSPS) is 10.7. The van der Waals surface area contributed by atoms with Crippen molar-refractivity contribution in [2.75, 3.05) is 24.6 Å². The molecule has 0 aliphatic rings. The summed E-state index contributed by atoms with van der Waals surface area (Å²) < 4.78 is 24.7. The van der Waals surface area contributed by atoms with Crippen molar-refractivity contribution in [1.29, 1.82) is 0 Å². The minimum atomic E-state index is -2.62. The van der Waals surface area contributed by atoms with E-state index in [0.29, 0.717) is 0 Å². The summed E-state index contributed by atoms with van der Waals surface area (Å²) in [5.41, 5.74) is -0.411. The molecule has 2 N–H and O–H groups in total. The molecule has 0 fully saturated rings. The van der Waals surface area contributed by atoms with E-state index in [4.69, 9.17) is 21.8 Å². The van der Waals surface area contributed by atoms with Gasteiger partial charge in [0.05, 0.1) is 18.2 Å². The molecule has 0 spiro atoms. The molecule has 0 atom stereocenters. The average Bonchev–Trinajstić information content (AvgIpc) is 2.28. The highest BCUT2D eigenvalue weighted by molar-refractivity contribution is 6.33. The zero-order valence-corrected chi connectivity index (χ0v) is 9.94. The number of aliphatic hydroxyl groups excluding tert-OH is 1. The second-order valence-corrected chi connectivity index (χ2v) is 3.77. The third kappa shape index (κ3) is 3.78. The van der Waals surface area contributed by atoms with Crippen LogP contribution in [0.3, 0.4) is 0 Å². The van der Waals surface area contributed by atoms with Crippen molar-refractivity contribution in [3.8, 4) is 0 Å². The molecule has 0 aromatic carbocycles. The summed E-state index contributed by atoms with van der Waals surface area (Å²) in [6, 6.07) is 2.59. The molecule has 0 saturated carbocycles. The van der Waals surface area contributed by atoms with Gasteiger partial charge in [-0.15, -0.1) is 0 Å². The lowest BCUT2D eigenvalue weighted by Gasteiger charge is -2.22. The fourth-order valence-corrected chi connectivity index (χ4v) is 1.53. The largest absolute Gasteiger partial charge is 0.476 e. The Morgan fingerprint density at radius 1 is 1.50 bits per heavy atom. The molecule has 1 aromatic rings.